The third-order valence-electron chi connectivity index (χ3n) is 3.69. The van der Waals surface area contributed by atoms with Crippen LogP contribution in [0.3, 0.4) is 0 Å². The number of nitrogens with two attached hydrogens (primary N) is 1. The van der Waals surface area contributed by atoms with Crippen LogP contribution in [-0.2, 0) is 12.5 Å². The van der Waals surface area contributed by atoms with Crippen LogP contribution in [0.5, 0.6) is 0 Å². The molecule has 3 N–H and O–H groups in total. The molecule has 6 heteroatoms. The van der Waals surface area contributed by atoms with E-state index in [1.807, 2.05) is 20.9 Å². The van der Waals surface area contributed by atoms with Gasteiger partial charge in [-0.3, -0.25) is 16.0 Å². The number of hydrogen-bond donors (Lipinski definition) is 2. The molecule has 1 heterocycles. The van der Waals surface area contributed by atoms with Gasteiger partial charge in [-0.1, -0.05) is 37.6 Å². The highest BCUT2D eigenvalue weighted by Crippen LogP contribution is 2.38. The SMILES string of the molecule is Cn1ncc(Cl)c1C(NN)C(C)(C)c1ccc(F)cc1. The number of hydrogen-bond acceptors (Lipinski definition) is 3. The minimum Gasteiger partial charge on any atom is -0.271 e. The second-order valence-corrected chi connectivity index (χ2v) is 5.74. The first-order valence-corrected chi connectivity index (χ1v) is 6.65. The summed E-state index contributed by atoms with van der Waals surface area (Å²) in [6.07, 6.45) is 1.59. The van der Waals surface area contributed by atoms with Gasteiger partial charge in [0.15, 0.2) is 0 Å². The minimum absolute atomic E-state index is 0.257. The van der Waals surface area contributed by atoms with E-state index < -0.39 is 0 Å². The molecule has 1 atom stereocenters. The van der Waals surface area contributed by atoms with E-state index in [-0.39, 0.29) is 17.3 Å². The second-order valence-electron chi connectivity index (χ2n) is 5.33. The Hall–Kier alpha value is -1.43. The Kier molecular flexibility index (Phi) is 4.13. The first-order chi connectivity index (χ1) is 9.37. The molecule has 0 radical (unpaired) electrons. The Bertz CT molecular complexity index is 572. The van der Waals surface area contributed by atoms with Crippen molar-refractivity contribution in [2.45, 2.75) is 25.3 Å². The summed E-state index contributed by atoms with van der Waals surface area (Å²) in [6.45, 7) is 4.04. The van der Waals surface area contributed by atoms with Gasteiger partial charge in [0, 0.05) is 12.5 Å². The fourth-order valence-electron chi connectivity index (χ4n) is 2.42. The molecule has 2 aromatic rings. The normalized spacial score (nSPS) is 13.5. The zero-order chi connectivity index (χ0) is 14.9. The van der Waals surface area contributed by atoms with Crippen LogP contribution >= 0.6 is 11.6 Å². The largest absolute Gasteiger partial charge is 0.271 e. The molecule has 0 aliphatic carbocycles. The maximum atomic E-state index is 13.1. The molecule has 1 aromatic carbocycles. The van der Waals surface area contributed by atoms with Crippen molar-refractivity contribution in [1.29, 1.82) is 0 Å². The van der Waals surface area contributed by atoms with Crippen LogP contribution in [0.4, 0.5) is 4.39 Å². The Morgan fingerprint density at radius 1 is 1.35 bits per heavy atom. The number of halogens is 2. The monoisotopic (exact) mass is 296 g/mol. The van der Waals surface area contributed by atoms with Gasteiger partial charge in [0.05, 0.1) is 23.0 Å². The predicted molar refractivity (Wildman–Crippen MR) is 77.7 cm³/mol. The summed E-state index contributed by atoms with van der Waals surface area (Å²) in [5, 5.41) is 4.68. The van der Waals surface area contributed by atoms with E-state index in [4.69, 9.17) is 17.4 Å². The molecule has 2 rings (SSSR count). The van der Waals surface area contributed by atoms with Gasteiger partial charge in [-0.2, -0.15) is 5.10 Å². The lowest BCUT2D eigenvalue weighted by Crippen LogP contribution is -2.42. The summed E-state index contributed by atoms with van der Waals surface area (Å²) in [5.41, 5.74) is 4.16. The smallest absolute Gasteiger partial charge is 0.123 e. The molecule has 108 valence electrons. The van der Waals surface area contributed by atoms with Crippen molar-refractivity contribution in [2.75, 3.05) is 0 Å². The van der Waals surface area contributed by atoms with Gasteiger partial charge in [0.25, 0.3) is 0 Å². The standard InChI is InChI=1S/C14H18ClFN4/c1-14(2,9-4-6-10(16)7-5-9)13(19-17)12-11(15)8-18-20(12)3/h4-8,13,19H,17H2,1-3H3. The van der Waals surface area contributed by atoms with Crippen molar-refractivity contribution in [1.82, 2.24) is 15.2 Å². The van der Waals surface area contributed by atoms with Crippen LogP contribution in [0.1, 0.15) is 31.1 Å². The third kappa shape index (κ3) is 2.57. The van der Waals surface area contributed by atoms with Crippen LogP contribution in [0.25, 0.3) is 0 Å². The molecule has 20 heavy (non-hydrogen) atoms. The molecule has 1 aromatic heterocycles. The number of aryl methyl sites for hydroxylation is 1. The van der Waals surface area contributed by atoms with Gasteiger partial charge in [-0.25, -0.2) is 4.39 Å². The number of hydrazine groups is 1. The summed E-state index contributed by atoms with van der Waals surface area (Å²) < 4.78 is 14.8. The molecule has 0 spiro atoms. The van der Waals surface area contributed by atoms with Crippen LogP contribution in [0.15, 0.2) is 30.5 Å². The first-order valence-electron chi connectivity index (χ1n) is 6.27. The van der Waals surface area contributed by atoms with Crippen LogP contribution in [0.2, 0.25) is 5.02 Å². The van der Waals surface area contributed by atoms with E-state index in [9.17, 15) is 4.39 Å². The van der Waals surface area contributed by atoms with Crippen molar-refractivity contribution in [3.05, 3.63) is 52.6 Å². The number of benzene rings is 1. The lowest BCUT2D eigenvalue weighted by molar-refractivity contribution is 0.336. The number of aromatic nitrogens is 2. The van der Waals surface area contributed by atoms with Gasteiger partial charge in [-0.05, 0) is 17.7 Å². The quantitative estimate of drug-likeness (QED) is 0.674. The highest BCUT2D eigenvalue weighted by Gasteiger charge is 2.35. The van der Waals surface area contributed by atoms with Gasteiger partial charge in [-0.15, -0.1) is 0 Å². The summed E-state index contributed by atoms with van der Waals surface area (Å²) in [7, 11) is 1.81. The zero-order valence-corrected chi connectivity index (χ0v) is 12.4. The Morgan fingerprint density at radius 2 is 1.95 bits per heavy atom. The van der Waals surface area contributed by atoms with Gasteiger partial charge < -0.3 is 0 Å². The van der Waals surface area contributed by atoms with E-state index in [0.717, 1.165) is 11.3 Å². The van der Waals surface area contributed by atoms with Crippen molar-refractivity contribution in [3.63, 3.8) is 0 Å². The lowest BCUT2D eigenvalue weighted by Gasteiger charge is -2.34. The first kappa shape index (κ1) is 15.0. The third-order valence-corrected chi connectivity index (χ3v) is 3.98. The minimum atomic E-state index is -0.389. The molecular weight excluding hydrogens is 279 g/mol. The topological polar surface area (TPSA) is 55.9 Å². The molecule has 0 bridgehead atoms. The molecule has 0 saturated carbocycles. The molecular formula is C14H18ClFN4. The molecule has 1 unspecified atom stereocenters. The van der Waals surface area contributed by atoms with Crippen LogP contribution in [-0.4, -0.2) is 9.78 Å². The molecule has 4 nitrogen and oxygen atoms in total. The number of nitrogens with zero attached hydrogens (tertiary/aromatic N) is 2. The van der Waals surface area contributed by atoms with Gasteiger partial charge in [0.1, 0.15) is 5.82 Å². The predicted octanol–water partition coefficient (Wildman–Crippen LogP) is 2.69. The maximum absolute atomic E-state index is 13.1. The Balaban J connectivity index is 2.47. The molecule has 0 fully saturated rings. The van der Waals surface area contributed by atoms with E-state index >= 15 is 0 Å². The summed E-state index contributed by atoms with van der Waals surface area (Å²) >= 11 is 6.20. The maximum Gasteiger partial charge on any atom is 0.123 e. The van der Waals surface area contributed by atoms with Crippen molar-refractivity contribution >= 4 is 11.6 Å². The molecule has 0 amide bonds. The average Bonchev–Trinajstić information content (AvgIpc) is 2.72. The summed E-state index contributed by atoms with van der Waals surface area (Å²) in [5.74, 6) is 5.47. The lowest BCUT2D eigenvalue weighted by atomic mass is 9.76. The molecule has 0 aliphatic heterocycles. The zero-order valence-electron chi connectivity index (χ0n) is 11.7. The van der Waals surface area contributed by atoms with Crippen molar-refractivity contribution in [3.8, 4) is 0 Å². The van der Waals surface area contributed by atoms with Gasteiger partial charge in [0.2, 0.25) is 0 Å². The van der Waals surface area contributed by atoms with Crippen LogP contribution in [0, 0.1) is 5.82 Å². The molecule has 0 saturated heterocycles. The van der Waals surface area contributed by atoms with E-state index in [2.05, 4.69) is 10.5 Å². The van der Waals surface area contributed by atoms with Crippen molar-refractivity contribution in [2.24, 2.45) is 12.9 Å². The van der Waals surface area contributed by atoms with Crippen LogP contribution < -0.4 is 11.3 Å². The Morgan fingerprint density at radius 3 is 2.40 bits per heavy atom. The number of rotatable bonds is 4. The van der Waals surface area contributed by atoms with E-state index in [1.54, 1.807) is 23.0 Å². The fourth-order valence-corrected chi connectivity index (χ4v) is 2.70. The second kappa shape index (κ2) is 5.52. The Labute approximate surface area is 122 Å². The summed E-state index contributed by atoms with van der Waals surface area (Å²) in [6, 6.07) is 6.13. The van der Waals surface area contributed by atoms with Gasteiger partial charge >= 0.3 is 0 Å². The fraction of sp³-hybridized carbons (Fsp3) is 0.357. The van der Waals surface area contributed by atoms with Crippen molar-refractivity contribution < 1.29 is 4.39 Å². The highest BCUT2D eigenvalue weighted by atomic mass is 35.5. The van der Waals surface area contributed by atoms with E-state index in [1.165, 1.54) is 12.1 Å². The highest BCUT2D eigenvalue weighted by molar-refractivity contribution is 6.31. The average molecular weight is 297 g/mol. The number of nitrogens with one attached hydrogen (secondary N) is 1. The molecule has 0 aliphatic rings. The van der Waals surface area contributed by atoms with E-state index in [0.29, 0.717) is 5.02 Å². The summed E-state index contributed by atoms with van der Waals surface area (Å²) in [4.78, 5) is 0.